The fourth-order valence-electron chi connectivity index (χ4n) is 4.49. The minimum Gasteiger partial charge on any atom is -0.481 e. The maximum atomic E-state index is 13.8. The van der Waals surface area contributed by atoms with E-state index in [0.717, 1.165) is 11.1 Å². The van der Waals surface area contributed by atoms with Crippen LogP contribution in [0.25, 0.3) is 0 Å². The zero-order valence-corrected chi connectivity index (χ0v) is 19.9. The Morgan fingerprint density at radius 1 is 1.18 bits per heavy atom. The summed E-state index contributed by atoms with van der Waals surface area (Å²) in [5, 5.41) is 1.70. The Morgan fingerprint density at radius 3 is 2.38 bits per heavy atom. The van der Waals surface area contributed by atoms with Crippen molar-refractivity contribution in [3.63, 3.8) is 0 Å². The van der Waals surface area contributed by atoms with Gasteiger partial charge in [0, 0.05) is 6.07 Å². The van der Waals surface area contributed by atoms with Crippen LogP contribution in [0.4, 0.5) is 14.5 Å². The number of ether oxygens (including phenoxy) is 2. The normalized spacial score (nSPS) is 20.9. The Kier molecular flexibility index (Phi) is 7.77. The van der Waals surface area contributed by atoms with Crippen molar-refractivity contribution in [2.45, 2.75) is 62.7 Å². The number of alkyl halides is 2. The van der Waals surface area contributed by atoms with Crippen molar-refractivity contribution in [3.05, 3.63) is 47.5 Å². The van der Waals surface area contributed by atoms with Crippen LogP contribution in [0, 0.1) is 0 Å². The van der Waals surface area contributed by atoms with Gasteiger partial charge in [-0.2, -0.15) is 22.2 Å². The number of amides is 1. The Bertz CT molecular complexity index is 1130. The number of methoxy groups -OCH3 is 1. The number of carbonyl (C=O) groups is 1. The number of anilines is 1. The van der Waals surface area contributed by atoms with Crippen molar-refractivity contribution in [2.24, 2.45) is 0 Å². The van der Waals surface area contributed by atoms with Crippen LogP contribution in [0.15, 0.2) is 36.4 Å². The summed E-state index contributed by atoms with van der Waals surface area (Å²) in [6.45, 7) is 0.794. The second kappa shape index (κ2) is 10.2. The summed E-state index contributed by atoms with van der Waals surface area (Å²) in [5.74, 6) is -0.898. The first-order valence-corrected chi connectivity index (χ1v) is 12.3. The molecule has 2 N–H and O–H groups in total. The molecule has 3 rings (SSSR count). The maximum absolute atomic E-state index is 13.8. The minimum atomic E-state index is -4.26. The second-order valence-corrected chi connectivity index (χ2v) is 10.3. The molecule has 8 nitrogen and oxygen atoms in total. The molecule has 0 unspecified atom stereocenters. The van der Waals surface area contributed by atoms with E-state index in [4.69, 9.17) is 4.74 Å². The molecule has 11 heteroatoms. The molecule has 1 aromatic carbocycles. The number of aromatic nitrogens is 1. The summed E-state index contributed by atoms with van der Waals surface area (Å²) in [5.41, 5.74) is 0.433. The van der Waals surface area contributed by atoms with Crippen LogP contribution in [0.3, 0.4) is 0 Å². The quantitative estimate of drug-likeness (QED) is 0.514. The first-order chi connectivity index (χ1) is 16.0. The van der Waals surface area contributed by atoms with Crippen LogP contribution in [-0.2, 0) is 20.3 Å². The first-order valence-electron chi connectivity index (χ1n) is 10.8. The molecule has 1 aliphatic rings. The summed E-state index contributed by atoms with van der Waals surface area (Å²) in [6, 6.07) is 10.1. The summed E-state index contributed by atoms with van der Waals surface area (Å²) < 4.78 is 68.4. The maximum Gasteiger partial charge on any atom is 0.388 e. The van der Waals surface area contributed by atoms with E-state index in [0.29, 0.717) is 0 Å². The molecule has 1 fully saturated rings. The molecule has 1 aromatic heterocycles. The first kappa shape index (κ1) is 25.8. The minimum absolute atomic E-state index is 0.0298. The van der Waals surface area contributed by atoms with Crippen LogP contribution in [0.2, 0.25) is 0 Å². The van der Waals surface area contributed by atoms with E-state index in [9.17, 15) is 26.5 Å². The van der Waals surface area contributed by atoms with E-state index in [1.165, 1.54) is 19.2 Å². The highest BCUT2D eigenvalue weighted by Gasteiger charge is 2.47. The Balaban J connectivity index is 2.04. The van der Waals surface area contributed by atoms with E-state index in [1.807, 2.05) is 32.0 Å². The van der Waals surface area contributed by atoms with Gasteiger partial charge in [-0.1, -0.05) is 38.1 Å². The molecule has 0 spiro atoms. The summed E-state index contributed by atoms with van der Waals surface area (Å²) >= 11 is 0. The molecule has 1 amide bonds. The Morgan fingerprint density at radius 2 is 1.82 bits per heavy atom. The van der Waals surface area contributed by atoms with Gasteiger partial charge in [-0.15, -0.1) is 0 Å². The standard InChI is InChI=1S/C23H28F2N2O6S/c1-14(2)16-6-4-5-7-17(16)23(12-10-15(11-13-23)34(29,30)31)21(28)26-18-8-9-19(32-3)27-20(18)33-22(24)25/h4-9,14-15,22H,10-13H2,1-3H3,(H,26,28)(H,29,30,31). The highest BCUT2D eigenvalue weighted by Crippen LogP contribution is 2.45. The average Bonchev–Trinajstić information content (AvgIpc) is 2.79. The average molecular weight is 499 g/mol. The van der Waals surface area contributed by atoms with Gasteiger partial charge in [0.05, 0.1) is 17.8 Å². The number of halogens is 2. The number of rotatable bonds is 8. The molecule has 1 heterocycles. The topological polar surface area (TPSA) is 115 Å². The van der Waals surface area contributed by atoms with Crippen molar-refractivity contribution >= 4 is 21.7 Å². The van der Waals surface area contributed by atoms with Crippen LogP contribution in [0.1, 0.15) is 56.6 Å². The van der Waals surface area contributed by atoms with Crippen LogP contribution in [-0.4, -0.2) is 42.8 Å². The molecule has 0 atom stereocenters. The third-order valence-corrected chi connectivity index (χ3v) is 7.55. The highest BCUT2D eigenvalue weighted by molar-refractivity contribution is 7.86. The Labute approximate surface area is 197 Å². The predicted octanol–water partition coefficient (Wildman–Crippen LogP) is 4.52. The van der Waals surface area contributed by atoms with Crippen molar-refractivity contribution in [2.75, 3.05) is 12.4 Å². The van der Waals surface area contributed by atoms with Crippen LogP contribution >= 0.6 is 0 Å². The van der Waals surface area contributed by atoms with Crippen molar-refractivity contribution in [1.29, 1.82) is 0 Å². The van der Waals surface area contributed by atoms with Gasteiger partial charge >= 0.3 is 6.61 Å². The van der Waals surface area contributed by atoms with Gasteiger partial charge in [0.2, 0.25) is 17.7 Å². The SMILES string of the molecule is COc1ccc(NC(=O)C2(c3ccccc3C(C)C)CCC(S(=O)(=O)O)CC2)c(OC(F)F)n1. The van der Waals surface area contributed by atoms with E-state index in [1.54, 1.807) is 6.07 Å². The van der Waals surface area contributed by atoms with Gasteiger partial charge in [-0.05, 0) is 48.8 Å². The van der Waals surface area contributed by atoms with E-state index >= 15 is 0 Å². The fraction of sp³-hybridized carbons (Fsp3) is 0.478. The number of nitrogens with zero attached hydrogens (tertiary/aromatic N) is 1. The van der Waals surface area contributed by atoms with Crippen molar-refractivity contribution in [3.8, 4) is 11.8 Å². The second-order valence-electron chi connectivity index (χ2n) is 8.58. The summed E-state index contributed by atoms with van der Waals surface area (Å²) in [6.07, 6.45) is 0.420. The number of pyridine rings is 1. The number of hydrogen-bond acceptors (Lipinski definition) is 6. The van der Waals surface area contributed by atoms with Gasteiger partial charge in [0.15, 0.2) is 0 Å². The molecule has 1 aliphatic carbocycles. The molecule has 34 heavy (non-hydrogen) atoms. The van der Waals surface area contributed by atoms with Crippen LogP contribution in [0.5, 0.6) is 11.8 Å². The zero-order valence-electron chi connectivity index (χ0n) is 19.1. The molecule has 0 radical (unpaired) electrons. The van der Waals surface area contributed by atoms with Gasteiger partial charge < -0.3 is 14.8 Å². The number of carbonyl (C=O) groups excluding carboxylic acids is 1. The lowest BCUT2D eigenvalue weighted by Gasteiger charge is -2.40. The molecular formula is C23H28F2N2O6S. The predicted molar refractivity (Wildman–Crippen MR) is 122 cm³/mol. The lowest BCUT2D eigenvalue weighted by Crippen LogP contribution is -2.46. The summed E-state index contributed by atoms with van der Waals surface area (Å²) in [4.78, 5) is 17.7. The molecular weight excluding hydrogens is 470 g/mol. The fourth-order valence-corrected chi connectivity index (χ4v) is 5.32. The van der Waals surface area contributed by atoms with E-state index in [2.05, 4.69) is 15.0 Å². The lowest BCUT2D eigenvalue weighted by atomic mass is 9.66. The largest absolute Gasteiger partial charge is 0.481 e. The van der Waals surface area contributed by atoms with E-state index in [-0.39, 0.29) is 43.2 Å². The molecule has 1 saturated carbocycles. The smallest absolute Gasteiger partial charge is 0.388 e. The molecule has 0 bridgehead atoms. The van der Waals surface area contributed by atoms with E-state index < -0.39 is 39.2 Å². The third kappa shape index (κ3) is 5.47. The Hall–Kier alpha value is -2.79. The monoisotopic (exact) mass is 498 g/mol. The van der Waals surface area contributed by atoms with Gasteiger partial charge in [0.25, 0.3) is 10.1 Å². The summed E-state index contributed by atoms with van der Waals surface area (Å²) in [7, 11) is -2.94. The third-order valence-electron chi connectivity index (χ3n) is 6.23. The van der Waals surface area contributed by atoms with Gasteiger partial charge in [-0.3, -0.25) is 9.35 Å². The molecule has 2 aromatic rings. The molecule has 0 saturated heterocycles. The molecule has 0 aliphatic heterocycles. The zero-order chi connectivity index (χ0) is 25.1. The number of hydrogen-bond donors (Lipinski definition) is 2. The van der Waals surface area contributed by atoms with Gasteiger partial charge in [0.1, 0.15) is 5.69 Å². The number of nitrogens with one attached hydrogen (secondary N) is 1. The lowest BCUT2D eigenvalue weighted by molar-refractivity contribution is -0.122. The molecule has 186 valence electrons. The number of benzene rings is 1. The van der Waals surface area contributed by atoms with Crippen LogP contribution < -0.4 is 14.8 Å². The van der Waals surface area contributed by atoms with Crippen molar-refractivity contribution < 1.29 is 36.0 Å². The van der Waals surface area contributed by atoms with Crippen molar-refractivity contribution in [1.82, 2.24) is 4.98 Å². The highest BCUT2D eigenvalue weighted by atomic mass is 32.2. The van der Waals surface area contributed by atoms with Gasteiger partial charge in [-0.25, -0.2) is 0 Å².